The Hall–Kier alpha value is -1.32. The van der Waals surface area contributed by atoms with Gasteiger partial charge >= 0.3 is 0 Å². The van der Waals surface area contributed by atoms with Crippen LogP contribution in [0, 0.1) is 5.92 Å². The molecular weight excluding hydrogens is 342 g/mol. The highest BCUT2D eigenvalue weighted by molar-refractivity contribution is 5.84. The zero-order valence-electron chi connectivity index (χ0n) is 17.5. The van der Waals surface area contributed by atoms with E-state index in [1.54, 1.807) is 5.56 Å². The van der Waals surface area contributed by atoms with Crippen molar-refractivity contribution < 1.29 is 0 Å². The van der Waals surface area contributed by atoms with Crippen molar-refractivity contribution in [3.63, 3.8) is 0 Å². The minimum absolute atomic E-state index is 0.697. The summed E-state index contributed by atoms with van der Waals surface area (Å²) in [5.74, 6) is 1.56. The van der Waals surface area contributed by atoms with E-state index in [0.717, 1.165) is 32.0 Å². The van der Waals surface area contributed by atoms with Crippen molar-refractivity contribution in [1.29, 1.82) is 0 Å². The van der Waals surface area contributed by atoms with Crippen molar-refractivity contribution in [2.45, 2.75) is 82.6 Å². The summed E-state index contributed by atoms with van der Waals surface area (Å²) in [6.45, 7) is 2.95. The van der Waals surface area contributed by atoms with Gasteiger partial charge in [-0.1, -0.05) is 50.3 Å². The molecule has 2 aliphatic rings. The average molecular weight is 382 g/mol. The first-order valence-corrected chi connectivity index (χ1v) is 11.9. The highest BCUT2D eigenvalue weighted by Gasteiger charge is 2.29. The fraction of sp³-hybridized carbons (Fsp3) is 0.680. The SMILES string of the molecule is NCCCNCCC(c1cn(C2CCCCC2)c2ccccc12)C1CCCC1. The molecule has 0 aliphatic heterocycles. The van der Waals surface area contributed by atoms with Gasteiger partial charge < -0.3 is 15.6 Å². The van der Waals surface area contributed by atoms with Crippen molar-refractivity contribution in [2.24, 2.45) is 11.7 Å². The maximum absolute atomic E-state index is 5.65. The predicted octanol–water partition coefficient (Wildman–Crippen LogP) is 5.75. The lowest BCUT2D eigenvalue weighted by atomic mass is 9.82. The highest BCUT2D eigenvalue weighted by Crippen LogP contribution is 2.43. The molecular formula is C25H39N3. The summed E-state index contributed by atoms with van der Waals surface area (Å²) in [5.41, 5.74) is 8.76. The van der Waals surface area contributed by atoms with Gasteiger partial charge in [0.15, 0.2) is 0 Å². The highest BCUT2D eigenvalue weighted by atomic mass is 15.0. The molecule has 2 saturated carbocycles. The van der Waals surface area contributed by atoms with Crippen molar-refractivity contribution in [1.82, 2.24) is 9.88 Å². The summed E-state index contributed by atoms with van der Waals surface area (Å²) in [6.07, 6.45) is 17.5. The predicted molar refractivity (Wildman–Crippen MR) is 120 cm³/mol. The number of fused-ring (bicyclic) bond motifs is 1. The van der Waals surface area contributed by atoms with Crippen molar-refractivity contribution >= 4 is 10.9 Å². The van der Waals surface area contributed by atoms with Crippen LogP contribution in [0.3, 0.4) is 0 Å². The van der Waals surface area contributed by atoms with E-state index in [0.29, 0.717) is 12.0 Å². The second-order valence-electron chi connectivity index (χ2n) is 9.13. The molecule has 154 valence electrons. The lowest BCUT2D eigenvalue weighted by Crippen LogP contribution is -2.23. The van der Waals surface area contributed by atoms with Crippen LogP contribution in [-0.4, -0.2) is 24.2 Å². The Balaban J connectivity index is 1.61. The number of para-hydroxylation sites is 1. The number of hydrogen-bond donors (Lipinski definition) is 2. The molecule has 3 heteroatoms. The summed E-state index contributed by atoms with van der Waals surface area (Å²) in [4.78, 5) is 0. The number of benzene rings is 1. The van der Waals surface area contributed by atoms with Crippen LogP contribution in [0.2, 0.25) is 0 Å². The Morgan fingerprint density at radius 3 is 2.50 bits per heavy atom. The Morgan fingerprint density at radius 2 is 1.71 bits per heavy atom. The molecule has 3 nitrogen and oxygen atoms in total. The monoisotopic (exact) mass is 381 g/mol. The number of nitrogens with zero attached hydrogens (tertiary/aromatic N) is 1. The number of aromatic nitrogens is 1. The smallest absolute Gasteiger partial charge is 0.0485 e. The molecule has 2 fully saturated rings. The quantitative estimate of drug-likeness (QED) is 0.543. The third-order valence-electron chi connectivity index (χ3n) is 7.30. The lowest BCUT2D eigenvalue weighted by molar-refractivity contribution is 0.358. The van der Waals surface area contributed by atoms with Gasteiger partial charge in [-0.3, -0.25) is 0 Å². The number of rotatable bonds is 9. The van der Waals surface area contributed by atoms with Crippen molar-refractivity contribution in [2.75, 3.05) is 19.6 Å². The van der Waals surface area contributed by atoms with Crippen LogP contribution in [-0.2, 0) is 0 Å². The Bertz CT molecular complexity index is 722. The van der Waals surface area contributed by atoms with Gasteiger partial charge in [0.25, 0.3) is 0 Å². The first-order valence-electron chi connectivity index (χ1n) is 11.9. The molecule has 2 aliphatic carbocycles. The van der Waals surface area contributed by atoms with Crippen LogP contribution < -0.4 is 11.1 Å². The van der Waals surface area contributed by atoms with Gasteiger partial charge in [-0.25, -0.2) is 0 Å². The molecule has 0 amide bonds. The van der Waals surface area contributed by atoms with Gasteiger partial charge in [-0.15, -0.1) is 0 Å². The molecule has 1 unspecified atom stereocenters. The van der Waals surface area contributed by atoms with E-state index in [4.69, 9.17) is 5.73 Å². The van der Waals surface area contributed by atoms with Crippen LogP contribution in [0.5, 0.6) is 0 Å². The Morgan fingerprint density at radius 1 is 0.964 bits per heavy atom. The molecule has 2 aromatic rings. The van der Waals surface area contributed by atoms with Gasteiger partial charge in [0.2, 0.25) is 0 Å². The zero-order valence-corrected chi connectivity index (χ0v) is 17.5. The molecule has 3 N–H and O–H groups in total. The molecule has 1 heterocycles. The average Bonchev–Trinajstić information content (AvgIpc) is 3.40. The molecule has 28 heavy (non-hydrogen) atoms. The fourth-order valence-corrected chi connectivity index (χ4v) is 5.80. The Labute approximate surface area is 171 Å². The van der Waals surface area contributed by atoms with Crippen LogP contribution in [0.25, 0.3) is 10.9 Å². The topological polar surface area (TPSA) is 43.0 Å². The molecule has 0 spiro atoms. The van der Waals surface area contributed by atoms with E-state index >= 15 is 0 Å². The zero-order chi connectivity index (χ0) is 19.2. The summed E-state index contributed by atoms with van der Waals surface area (Å²) in [7, 11) is 0. The van der Waals surface area contributed by atoms with Gasteiger partial charge in [-0.2, -0.15) is 0 Å². The van der Waals surface area contributed by atoms with E-state index in [1.807, 2.05) is 0 Å². The molecule has 0 radical (unpaired) electrons. The third-order valence-corrected chi connectivity index (χ3v) is 7.30. The summed E-state index contributed by atoms with van der Waals surface area (Å²) < 4.78 is 2.66. The van der Waals surface area contributed by atoms with E-state index in [2.05, 4.69) is 40.3 Å². The number of nitrogens with two attached hydrogens (primary N) is 1. The summed E-state index contributed by atoms with van der Waals surface area (Å²) in [5, 5.41) is 5.16. The van der Waals surface area contributed by atoms with Gasteiger partial charge in [0, 0.05) is 23.1 Å². The first-order chi connectivity index (χ1) is 13.9. The number of hydrogen-bond acceptors (Lipinski definition) is 2. The van der Waals surface area contributed by atoms with Crippen LogP contribution in [0.4, 0.5) is 0 Å². The van der Waals surface area contributed by atoms with Gasteiger partial charge in [0.05, 0.1) is 0 Å². The fourth-order valence-electron chi connectivity index (χ4n) is 5.80. The Kier molecular flexibility index (Phi) is 7.09. The molecule has 1 aromatic carbocycles. The van der Waals surface area contributed by atoms with Crippen LogP contribution >= 0.6 is 0 Å². The summed E-state index contributed by atoms with van der Waals surface area (Å²) in [6, 6.07) is 9.92. The lowest BCUT2D eigenvalue weighted by Gasteiger charge is -2.25. The van der Waals surface area contributed by atoms with Crippen LogP contribution in [0.1, 0.15) is 88.2 Å². The van der Waals surface area contributed by atoms with Gasteiger partial charge in [0.1, 0.15) is 0 Å². The first kappa shape index (κ1) is 20.0. The maximum Gasteiger partial charge on any atom is 0.0485 e. The van der Waals surface area contributed by atoms with E-state index in [1.165, 1.54) is 75.1 Å². The summed E-state index contributed by atoms with van der Waals surface area (Å²) >= 11 is 0. The molecule has 0 bridgehead atoms. The molecule has 0 saturated heterocycles. The molecule has 1 aromatic heterocycles. The van der Waals surface area contributed by atoms with E-state index in [9.17, 15) is 0 Å². The number of nitrogens with one attached hydrogen (secondary N) is 1. The second-order valence-corrected chi connectivity index (χ2v) is 9.13. The van der Waals surface area contributed by atoms with E-state index in [-0.39, 0.29) is 0 Å². The maximum atomic E-state index is 5.65. The molecule has 1 atom stereocenters. The second kappa shape index (κ2) is 9.93. The van der Waals surface area contributed by atoms with Crippen LogP contribution in [0.15, 0.2) is 30.5 Å². The van der Waals surface area contributed by atoms with E-state index < -0.39 is 0 Å². The largest absolute Gasteiger partial charge is 0.344 e. The third kappa shape index (κ3) is 4.46. The van der Waals surface area contributed by atoms with Crippen molar-refractivity contribution in [3.05, 3.63) is 36.0 Å². The standard InChI is InChI=1S/C25H39N3/c26-16-8-17-27-18-15-22(20-9-4-5-10-20)24-19-28(21-11-2-1-3-12-21)25-14-7-6-13-23(24)25/h6-7,13-14,19-22,27H,1-5,8-12,15-18,26H2. The minimum Gasteiger partial charge on any atom is -0.344 e. The van der Waals surface area contributed by atoms with Crippen molar-refractivity contribution in [3.8, 4) is 0 Å². The molecule has 4 rings (SSSR count). The minimum atomic E-state index is 0.697. The normalized spacial score (nSPS) is 20.2. The van der Waals surface area contributed by atoms with Gasteiger partial charge in [-0.05, 0) is 81.6 Å².